The molecule has 0 aromatic heterocycles. The van der Waals surface area contributed by atoms with Gasteiger partial charge in [-0.1, -0.05) is 29.4 Å². The molecule has 0 radical (unpaired) electrons. The van der Waals surface area contributed by atoms with Gasteiger partial charge in [0.05, 0.1) is 5.71 Å². The van der Waals surface area contributed by atoms with Gasteiger partial charge in [0.15, 0.2) is 0 Å². The Labute approximate surface area is 125 Å². The maximum absolute atomic E-state index is 8.99. The summed E-state index contributed by atoms with van der Waals surface area (Å²) in [6, 6.07) is 12.1. The molecule has 0 saturated carbocycles. The van der Waals surface area contributed by atoms with Crippen molar-refractivity contribution in [1.82, 2.24) is 0 Å². The van der Waals surface area contributed by atoms with Crippen molar-refractivity contribution < 1.29 is 9.94 Å². The van der Waals surface area contributed by atoms with E-state index >= 15 is 0 Å². The van der Waals surface area contributed by atoms with Gasteiger partial charge in [0.1, 0.15) is 12.4 Å². The predicted octanol–water partition coefficient (Wildman–Crippen LogP) is 4.39. The van der Waals surface area contributed by atoms with E-state index in [1.165, 1.54) is 16.7 Å². The molecule has 0 heterocycles. The van der Waals surface area contributed by atoms with E-state index in [4.69, 9.17) is 9.94 Å². The van der Waals surface area contributed by atoms with Crippen LogP contribution in [0.15, 0.2) is 41.6 Å². The van der Waals surface area contributed by atoms with Crippen molar-refractivity contribution in [2.75, 3.05) is 0 Å². The van der Waals surface area contributed by atoms with E-state index in [2.05, 4.69) is 37.2 Å². The number of benzene rings is 2. The van der Waals surface area contributed by atoms with E-state index in [1.807, 2.05) is 25.1 Å². The molecule has 0 amide bonds. The highest BCUT2D eigenvalue weighted by Crippen LogP contribution is 2.24. The summed E-state index contributed by atoms with van der Waals surface area (Å²) in [5.41, 5.74) is 6.11. The molecule has 2 aromatic rings. The molecule has 3 heteroatoms. The van der Waals surface area contributed by atoms with Gasteiger partial charge < -0.3 is 9.94 Å². The van der Waals surface area contributed by atoms with Crippen LogP contribution < -0.4 is 4.74 Å². The quantitative estimate of drug-likeness (QED) is 0.513. The summed E-state index contributed by atoms with van der Waals surface area (Å²) >= 11 is 0. The Kier molecular flexibility index (Phi) is 4.63. The number of oxime groups is 1. The molecule has 0 aliphatic carbocycles. The van der Waals surface area contributed by atoms with Crippen LogP contribution in [0, 0.1) is 20.8 Å². The Morgan fingerprint density at radius 3 is 2.38 bits per heavy atom. The molecule has 0 fully saturated rings. The van der Waals surface area contributed by atoms with Gasteiger partial charge in [0.25, 0.3) is 0 Å². The van der Waals surface area contributed by atoms with Gasteiger partial charge in [-0.05, 0) is 62.1 Å². The van der Waals surface area contributed by atoms with Gasteiger partial charge >= 0.3 is 0 Å². The Morgan fingerprint density at radius 1 is 1.10 bits per heavy atom. The van der Waals surface area contributed by atoms with Crippen molar-refractivity contribution in [3.63, 3.8) is 0 Å². The van der Waals surface area contributed by atoms with Crippen LogP contribution in [0.3, 0.4) is 0 Å². The zero-order valence-corrected chi connectivity index (χ0v) is 13.0. The minimum Gasteiger partial charge on any atom is -0.488 e. The van der Waals surface area contributed by atoms with Gasteiger partial charge in [-0.25, -0.2) is 0 Å². The highest BCUT2D eigenvalue weighted by atomic mass is 16.5. The average molecular weight is 283 g/mol. The summed E-state index contributed by atoms with van der Waals surface area (Å²) in [7, 11) is 0. The molecule has 2 aromatic carbocycles. The fraction of sp³-hybridized carbons (Fsp3) is 0.278. The summed E-state index contributed by atoms with van der Waals surface area (Å²) in [4.78, 5) is 0. The van der Waals surface area contributed by atoms with E-state index in [9.17, 15) is 0 Å². The van der Waals surface area contributed by atoms with Crippen LogP contribution in [0.2, 0.25) is 0 Å². The maximum atomic E-state index is 8.99. The van der Waals surface area contributed by atoms with Crippen LogP contribution in [0.5, 0.6) is 5.75 Å². The molecular formula is C18H21NO2. The topological polar surface area (TPSA) is 41.8 Å². The zero-order chi connectivity index (χ0) is 15.4. The van der Waals surface area contributed by atoms with Crippen LogP contribution in [-0.4, -0.2) is 10.9 Å². The summed E-state index contributed by atoms with van der Waals surface area (Å²) in [5, 5.41) is 12.3. The second kappa shape index (κ2) is 6.44. The number of rotatable bonds is 4. The standard InChI is InChI=1S/C18H21NO2/c1-12-8-9-16(15(4)19-20)18(10-12)21-11-17-13(2)6-5-7-14(17)3/h5-10,20H,11H2,1-4H3/b19-15-. The maximum Gasteiger partial charge on any atom is 0.129 e. The molecule has 110 valence electrons. The molecule has 0 aliphatic heterocycles. The lowest BCUT2D eigenvalue weighted by Crippen LogP contribution is -2.05. The van der Waals surface area contributed by atoms with Gasteiger partial charge in [-0.15, -0.1) is 0 Å². The fourth-order valence-corrected chi connectivity index (χ4v) is 2.33. The van der Waals surface area contributed by atoms with Crippen molar-refractivity contribution >= 4 is 5.71 Å². The van der Waals surface area contributed by atoms with Gasteiger partial charge in [-0.2, -0.15) is 0 Å². The van der Waals surface area contributed by atoms with E-state index < -0.39 is 0 Å². The highest BCUT2D eigenvalue weighted by molar-refractivity contribution is 6.00. The first-order valence-electron chi connectivity index (χ1n) is 7.00. The summed E-state index contributed by atoms with van der Waals surface area (Å²) in [5.74, 6) is 0.743. The Morgan fingerprint density at radius 2 is 1.76 bits per heavy atom. The first-order valence-corrected chi connectivity index (χ1v) is 7.00. The summed E-state index contributed by atoms with van der Waals surface area (Å²) < 4.78 is 6.00. The van der Waals surface area contributed by atoms with Crippen molar-refractivity contribution in [1.29, 1.82) is 0 Å². The molecule has 0 bridgehead atoms. The minimum absolute atomic E-state index is 0.508. The average Bonchev–Trinajstić information content (AvgIpc) is 2.46. The molecule has 0 saturated heterocycles. The molecule has 2 rings (SSSR count). The van der Waals surface area contributed by atoms with Crippen LogP contribution in [0.25, 0.3) is 0 Å². The van der Waals surface area contributed by atoms with E-state index in [-0.39, 0.29) is 0 Å². The van der Waals surface area contributed by atoms with Crippen LogP contribution in [-0.2, 0) is 6.61 Å². The van der Waals surface area contributed by atoms with Crippen molar-refractivity contribution in [3.05, 3.63) is 64.2 Å². The van der Waals surface area contributed by atoms with Crippen LogP contribution in [0.1, 0.15) is 34.7 Å². The van der Waals surface area contributed by atoms with E-state index in [0.717, 1.165) is 16.9 Å². The lowest BCUT2D eigenvalue weighted by Gasteiger charge is -2.14. The number of hydrogen-bond acceptors (Lipinski definition) is 3. The molecule has 21 heavy (non-hydrogen) atoms. The second-order valence-electron chi connectivity index (χ2n) is 5.34. The van der Waals surface area contributed by atoms with Gasteiger partial charge in [0.2, 0.25) is 0 Å². The molecular weight excluding hydrogens is 262 g/mol. The van der Waals surface area contributed by atoms with Crippen molar-refractivity contribution in [3.8, 4) is 5.75 Å². The molecule has 1 N–H and O–H groups in total. The fourth-order valence-electron chi connectivity index (χ4n) is 2.33. The zero-order valence-electron chi connectivity index (χ0n) is 13.0. The first kappa shape index (κ1) is 15.1. The Hall–Kier alpha value is -2.29. The van der Waals surface area contributed by atoms with E-state index in [1.54, 1.807) is 6.92 Å². The summed E-state index contributed by atoms with van der Waals surface area (Å²) in [6.45, 7) is 8.46. The normalized spacial score (nSPS) is 11.5. The van der Waals surface area contributed by atoms with Crippen molar-refractivity contribution in [2.45, 2.75) is 34.3 Å². The third-order valence-corrected chi connectivity index (χ3v) is 3.69. The predicted molar refractivity (Wildman–Crippen MR) is 85.4 cm³/mol. The molecule has 0 unspecified atom stereocenters. The smallest absolute Gasteiger partial charge is 0.129 e. The third kappa shape index (κ3) is 3.43. The lowest BCUT2D eigenvalue weighted by molar-refractivity contribution is 0.301. The third-order valence-electron chi connectivity index (χ3n) is 3.69. The van der Waals surface area contributed by atoms with E-state index in [0.29, 0.717) is 12.3 Å². The molecule has 0 aliphatic rings. The Balaban J connectivity index is 2.30. The largest absolute Gasteiger partial charge is 0.488 e. The monoisotopic (exact) mass is 283 g/mol. The number of aryl methyl sites for hydroxylation is 3. The first-order chi connectivity index (χ1) is 10.0. The van der Waals surface area contributed by atoms with Crippen LogP contribution >= 0.6 is 0 Å². The van der Waals surface area contributed by atoms with Gasteiger partial charge in [0, 0.05) is 5.56 Å². The Bertz CT molecular complexity index is 655. The number of nitrogens with zero attached hydrogens (tertiary/aromatic N) is 1. The summed E-state index contributed by atoms with van der Waals surface area (Å²) in [6.07, 6.45) is 0. The molecule has 3 nitrogen and oxygen atoms in total. The molecule has 0 atom stereocenters. The number of hydrogen-bond donors (Lipinski definition) is 1. The number of ether oxygens (including phenoxy) is 1. The van der Waals surface area contributed by atoms with Crippen LogP contribution in [0.4, 0.5) is 0 Å². The molecule has 0 spiro atoms. The minimum atomic E-state index is 0.508. The van der Waals surface area contributed by atoms with Gasteiger partial charge in [-0.3, -0.25) is 0 Å². The SMILES string of the molecule is C/C(=N/O)c1ccc(C)cc1OCc1c(C)cccc1C. The highest BCUT2D eigenvalue weighted by Gasteiger charge is 2.10. The lowest BCUT2D eigenvalue weighted by atomic mass is 10.0. The second-order valence-corrected chi connectivity index (χ2v) is 5.34. The van der Waals surface area contributed by atoms with Crippen molar-refractivity contribution in [2.24, 2.45) is 5.16 Å².